The van der Waals surface area contributed by atoms with Crippen LogP contribution in [0.5, 0.6) is 0 Å². The summed E-state index contributed by atoms with van der Waals surface area (Å²) in [6.45, 7) is 2.47. The van der Waals surface area contributed by atoms with Crippen LogP contribution in [0.4, 0.5) is 0 Å². The molecule has 0 spiro atoms. The van der Waals surface area contributed by atoms with Gasteiger partial charge in [0.15, 0.2) is 12.4 Å². The minimum Gasteiger partial charge on any atom is -0.462 e. The Labute approximate surface area is 393 Å². The van der Waals surface area contributed by atoms with Crippen LogP contribution < -0.4 is 0 Å². The lowest BCUT2D eigenvalue weighted by atomic mass is 9.84. The zero-order chi connectivity index (χ0) is 48.7. The molecule has 12 atom stereocenters. The average Bonchev–Trinajstić information content (AvgIpc) is 3.28. The summed E-state index contributed by atoms with van der Waals surface area (Å²) in [5, 5.41) is 73.5. The largest absolute Gasteiger partial charge is 0.470 e. The monoisotopic (exact) mass is 973 g/mol. The molecule has 1 aliphatic heterocycles. The van der Waals surface area contributed by atoms with Gasteiger partial charge in [-0.05, 0) is 12.8 Å². The van der Waals surface area contributed by atoms with Crippen molar-refractivity contribution >= 4 is 19.8 Å². The number of unbranched alkanes of at least 4 members (excludes halogenated alkanes) is 24. The molecule has 0 radical (unpaired) electrons. The maximum Gasteiger partial charge on any atom is 0.470 e. The van der Waals surface area contributed by atoms with Crippen LogP contribution in [0.25, 0.3) is 0 Å². The van der Waals surface area contributed by atoms with Gasteiger partial charge in [0, 0.05) is 12.8 Å². The Bertz CT molecular complexity index is 1290. The highest BCUT2D eigenvalue weighted by Crippen LogP contribution is 2.43. The Morgan fingerprint density at radius 2 is 0.924 bits per heavy atom. The van der Waals surface area contributed by atoms with Gasteiger partial charge in [0.1, 0.15) is 67.6 Å². The van der Waals surface area contributed by atoms with E-state index in [-0.39, 0.29) is 12.8 Å². The first-order valence-corrected chi connectivity index (χ1v) is 26.9. The molecule has 0 aromatic carbocycles. The molecule has 1 saturated heterocycles. The predicted octanol–water partition coefficient (Wildman–Crippen LogP) is 5.55. The Balaban J connectivity index is 2.02. The van der Waals surface area contributed by atoms with Gasteiger partial charge in [-0.25, -0.2) is 4.57 Å². The van der Waals surface area contributed by atoms with E-state index in [1.165, 1.54) is 103 Å². The Hall–Kier alpha value is -1.35. The van der Waals surface area contributed by atoms with Crippen molar-refractivity contribution in [2.75, 3.05) is 19.8 Å². The molecule has 2 rings (SSSR count). The Morgan fingerprint density at radius 1 is 0.515 bits per heavy atom. The normalized spacial score (nSPS) is 27.5. The number of rotatable bonds is 39. The van der Waals surface area contributed by atoms with Gasteiger partial charge in [-0.15, -0.1) is 0 Å². The summed E-state index contributed by atoms with van der Waals surface area (Å²) >= 11 is 0. The number of aliphatic hydroxyl groups excluding tert-OH is 7. The fourth-order valence-electron chi connectivity index (χ4n) is 8.54. The van der Waals surface area contributed by atoms with Crippen LogP contribution in [0.2, 0.25) is 0 Å². The number of carbonyl (C=O) groups excluding carboxylic acids is 2. The second kappa shape index (κ2) is 35.7. The lowest BCUT2D eigenvalue weighted by Gasteiger charge is -2.48. The van der Waals surface area contributed by atoms with Gasteiger partial charge in [-0.3, -0.25) is 14.1 Å². The molecule has 19 heteroatoms. The van der Waals surface area contributed by atoms with Crippen molar-refractivity contribution in [1.82, 2.24) is 0 Å². The quantitative estimate of drug-likeness (QED) is 0.0207. The predicted molar refractivity (Wildman–Crippen MR) is 245 cm³/mol. The van der Waals surface area contributed by atoms with Crippen LogP contribution >= 0.6 is 7.82 Å². The van der Waals surface area contributed by atoms with Crippen molar-refractivity contribution in [3.8, 4) is 0 Å². The van der Waals surface area contributed by atoms with E-state index in [9.17, 15) is 59.7 Å². The molecule has 0 amide bonds. The van der Waals surface area contributed by atoms with Crippen LogP contribution in [0, 0.1) is 0 Å². The summed E-state index contributed by atoms with van der Waals surface area (Å²) in [4.78, 5) is 45.6. The first-order valence-electron chi connectivity index (χ1n) is 25.4. The molecule has 2 unspecified atom stereocenters. The van der Waals surface area contributed by atoms with Gasteiger partial charge in [-0.1, -0.05) is 168 Å². The molecule has 1 saturated carbocycles. The average molecular weight is 973 g/mol. The maximum absolute atomic E-state index is 13.1. The van der Waals surface area contributed by atoms with Gasteiger partial charge in [-0.2, -0.15) is 0 Å². The third-order valence-corrected chi connectivity index (χ3v) is 13.1. The summed E-state index contributed by atoms with van der Waals surface area (Å²) in [5.74, 6) is -1.16. The maximum atomic E-state index is 13.1. The first kappa shape index (κ1) is 60.8. The third kappa shape index (κ3) is 25.0. The van der Waals surface area contributed by atoms with Gasteiger partial charge in [0.25, 0.3) is 0 Å². The SMILES string of the molecule is CCCCCCCCCCCCCCCC(=O)OC[C@@H](CO[C@H]1C(OP(=O)(O)O)[C@H](O[C@H]2O[C@H](CO)[C@@H](O)[C@H](O)[C@@H]2O)[C@H](O)C(O)[C@@H]1O)OC(=O)CCCCCCCCCCCCCCC. The molecule has 2 fully saturated rings. The number of hydrogen-bond acceptors (Lipinski definition) is 16. The molecule has 66 heavy (non-hydrogen) atoms. The fourth-order valence-corrected chi connectivity index (χ4v) is 9.10. The van der Waals surface area contributed by atoms with Crippen molar-refractivity contribution in [1.29, 1.82) is 0 Å². The summed E-state index contributed by atoms with van der Waals surface area (Å²) in [6.07, 6.45) is 6.63. The molecular formula is C47H89O18P. The summed E-state index contributed by atoms with van der Waals surface area (Å²) in [5.41, 5.74) is 0. The molecule has 2 aliphatic rings. The number of carbonyl (C=O) groups is 2. The molecular weight excluding hydrogens is 883 g/mol. The fraction of sp³-hybridized carbons (Fsp3) is 0.957. The summed E-state index contributed by atoms with van der Waals surface area (Å²) in [6, 6.07) is 0. The molecule has 0 aromatic rings. The summed E-state index contributed by atoms with van der Waals surface area (Å²) in [7, 11) is -5.50. The number of aliphatic hydroxyl groups is 7. The van der Waals surface area contributed by atoms with E-state index in [0.29, 0.717) is 12.8 Å². The molecule has 0 aromatic heterocycles. The molecule has 1 heterocycles. The molecule has 9 N–H and O–H groups in total. The molecule has 18 nitrogen and oxygen atoms in total. The highest BCUT2D eigenvalue weighted by molar-refractivity contribution is 7.46. The summed E-state index contributed by atoms with van der Waals surface area (Å²) < 4.78 is 45.0. The van der Waals surface area contributed by atoms with E-state index in [1.807, 2.05) is 0 Å². The number of hydrogen-bond donors (Lipinski definition) is 9. The topological polar surface area (TPSA) is 289 Å². The third-order valence-electron chi connectivity index (χ3n) is 12.6. The number of esters is 2. The van der Waals surface area contributed by atoms with E-state index >= 15 is 0 Å². The minimum absolute atomic E-state index is 0.0527. The van der Waals surface area contributed by atoms with Crippen LogP contribution in [-0.2, 0) is 42.4 Å². The van der Waals surface area contributed by atoms with Crippen LogP contribution in [0.3, 0.4) is 0 Å². The number of phosphoric acid groups is 1. The van der Waals surface area contributed by atoms with Crippen LogP contribution in [-0.4, -0.2) is 151 Å². The van der Waals surface area contributed by atoms with Gasteiger partial charge < -0.3 is 69.2 Å². The lowest BCUT2D eigenvalue weighted by Crippen LogP contribution is -2.68. The second-order valence-corrected chi connectivity index (χ2v) is 19.6. The number of phosphoric ester groups is 1. The van der Waals surface area contributed by atoms with E-state index in [0.717, 1.165) is 51.4 Å². The molecule has 1 aliphatic carbocycles. The van der Waals surface area contributed by atoms with Crippen molar-refractivity contribution in [2.24, 2.45) is 0 Å². The van der Waals surface area contributed by atoms with Crippen LogP contribution in [0.15, 0.2) is 0 Å². The van der Waals surface area contributed by atoms with Gasteiger partial charge in [0.05, 0.1) is 13.2 Å². The van der Waals surface area contributed by atoms with Gasteiger partial charge >= 0.3 is 19.8 Å². The smallest absolute Gasteiger partial charge is 0.462 e. The molecule has 390 valence electrons. The van der Waals surface area contributed by atoms with Crippen molar-refractivity contribution < 1.29 is 87.9 Å². The van der Waals surface area contributed by atoms with Crippen molar-refractivity contribution in [3.63, 3.8) is 0 Å². The minimum atomic E-state index is -5.50. The Kier molecular flexibility index (Phi) is 32.9. The van der Waals surface area contributed by atoms with Crippen LogP contribution in [0.1, 0.15) is 194 Å². The van der Waals surface area contributed by atoms with Crippen molar-refractivity contribution in [3.05, 3.63) is 0 Å². The highest BCUT2D eigenvalue weighted by Gasteiger charge is 2.56. The van der Waals surface area contributed by atoms with E-state index in [2.05, 4.69) is 13.8 Å². The van der Waals surface area contributed by atoms with Crippen molar-refractivity contribution in [2.45, 2.75) is 267 Å². The highest BCUT2D eigenvalue weighted by atomic mass is 31.2. The molecule has 0 bridgehead atoms. The second-order valence-electron chi connectivity index (χ2n) is 18.4. The number of ether oxygens (including phenoxy) is 5. The Morgan fingerprint density at radius 3 is 1.36 bits per heavy atom. The lowest BCUT2D eigenvalue weighted by molar-refractivity contribution is -0.340. The first-order chi connectivity index (χ1) is 31.6. The van der Waals surface area contributed by atoms with Gasteiger partial charge in [0.2, 0.25) is 0 Å². The standard InChI is InChI=1S/C47H89O18P/c1-3-5-7-9-11-13-15-17-19-21-23-25-27-29-36(49)60-32-34(62-37(50)30-28-26-24-22-20-18-16-14-12-10-8-6-4-2)33-61-44-41(54)40(53)42(55)45(46(44)65-66(57,58)59)64-47-43(56)39(52)38(51)35(31-48)63-47/h34-35,38-48,51-56H,3-33H2,1-2H3,(H2,57,58,59)/t34-,35+,38+,39-,40?,41-,42+,43-,44+,45+,46?,47+/m0/s1. The zero-order valence-electron chi connectivity index (χ0n) is 40.0. The van der Waals surface area contributed by atoms with E-state index in [4.69, 9.17) is 28.2 Å². The van der Waals surface area contributed by atoms with E-state index in [1.54, 1.807) is 0 Å². The van der Waals surface area contributed by atoms with E-state index < -0.39 is 113 Å². The zero-order valence-corrected chi connectivity index (χ0v) is 40.9.